The Morgan fingerprint density at radius 1 is 1.58 bits per heavy atom. The van der Waals surface area contributed by atoms with E-state index in [1.54, 1.807) is 6.92 Å². The van der Waals surface area contributed by atoms with Crippen LogP contribution in [0.2, 0.25) is 0 Å². The predicted octanol–water partition coefficient (Wildman–Crippen LogP) is 0.461. The van der Waals surface area contributed by atoms with Gasteiger partial charge in [0.15, 0.2) is 0 Å². The summed E-state index contributed by atoms with van der Waals surface area (Å²) in [7, 11) is -2.50. The molecule has 0 bridgehead atoms. The molecule has 1 rings (SSSR count). The smallest absolute Gasteiger partial charge is 0.243 e. The van der Waals surface area contributed by atoms with E-state index in [0.717, 1.165) is 22.5 Å². The molecule has 106 valence electrons. The molecule has 0 spiro atoms. The fourth-order valence-electron chi connectivity index (χ4n) is 1.37. The van der Waals surface area contributed by atoms with Crippen molar-refractivity contribution in [2.75, 3.05) is 13.7 Å². The number of nitrogens with two attached hydrogens (primary N) is 1. The van der Waals surface area contributed by atoms with Gasteiger partial charge in [0.25, 0.3) is 0 Å². The fraction of sp³-hybridized carbons (Fsp3) is 0.364. The van der Waals surface area contributed by atoms with Crippen molar-refractivity contribution >= 4 is 27.2 Å². The van der Waals surface area contributed by atoms with Gasteiger partial charge in [-0.2, -0.15) is 4.31 Å². The Balaban J connectivity index is 3.30. The Morgan fingerprint density at radius 3 is 2.63 bits per heavy atom. The van der Waals surface area contributed by atoms with Crippen molar-refractivity contribution in [2.45, 2.75) is 17.9 Å². The maximum absolute atomic E-state index is 13.4. The molecule has 8 heteroatoms. The van der Waals surface area contributed by atoms with Crippen LogP contribution in [0.3, 0.4) is 0 Å². The number of halogens is 1. The standard InChI is InChI=1S/C11H15FN2O3S2/c1-7(6-15)14(2)19(16,17)8-3-4-10(12)9(5-8)11(13)18/h3-5,7,15H,6H2,1-2H3,(H2,13,18). The van der Waals surface area contributed by atoms with Crippen LogP contribution in [0.4, 0.5) is 4.39 Å². The zero-order valence-corrected chi connectivity index (χ0v) is 12.1. The van der Waals surface area contributed by atoms with Crippen molar-refractivity contribution in [3.05, 3.63) is 29.6 Å². The number of likely N-dealkylation sites (N-methyl/N-ethyl adjacent to an activating group) is 1. The Kier molecular flexibility index (Phi) is 4.97. The minimum absolute atomic E-state index is 0.124. The lowest BCUT2D eigenvalue weighted by atomic mass is 10.2. The van der Waals surface area contributed by atoms with E-state index in [9.17, 15) is 12.8 Å². The molecule has 1 unspecified atom stereocenters. The van der Waals surface area contributed by atoms with Crippen LogP contribution in [0.1, 0.15) is 12.5 Å². The fourth-order valence-corrected chi connectivity index (χ4v) is 2.91. The van der Waals surface area contributed by atoms with Crippen molar-refractivity contribution in [2.24, 2.45) is 5.73 Å². The number of hydrogen-bond donors (Lipinski definition) is 2. The lowest BCUT2D eigenvalue weighted by Gasteiger charge is -2.22. The van der Waals surface area contributed by atoms with Crippen LogP contribution in [0.25, 0.3) is 0 Å². The van der Waals surface area contributed by atoms with Gasteiger partial charge in [0, 0.05) is 18.7 Å². The van der Waals surface area contributed by atoms with Crippen LogP contribution in [-0.4, -0.2) is 42.5 Å². The quantitative estimate of drug-likeness (QED) is 0.772. The molecule has 0 aliphatic carbocycles. The van der Waals surface area contributed by atoms with E-state index in [1.165, 1.54) is 7.05 Å². The number of aliphatic hydroxyl groups is 1. The average Bonchev–Trinajstić information content (AvgIpc) is 2.36. The SMILES string of the molecule is CC(CO)N(C)S(=O)(=O)c1ccc(F)c(C(N)=S)c1. The number of hydrogen-bond acceptors (Lipinski definition) is 4. The second kappa shape index (κ2) is 5.91. The van der Waals surface area contributed by atoms with Crippen LogP contribution >= 0.6 is 12.2 Å². The molecular weight excluding hydrogens is 291 g/mol. The van der Waals surface area contributed by atoms with E-state index in [4.69, 9.17) is 10.8 Å². The van der Waals surface area contributed by atoms with E-state index in [0.29, 0.717) is 0 Å². The number of sulfonamides is 1. The summed E-state index contributed by atoms with van der Waals surface area (Å²) in [6.45, 7) is 1.23. The predicted molar refractivity (Wildman–Crippen MR) is 73.8 cm³/mol. The molecule has 0 heterocycles. The second-order valence-electron chi connectivity index (χ2n) is 4.06. The molecule has 0 amide bonds. The Morgan fingerprint density at radius 2 is 2.16 bits per heavy atom. The van der Waals surface area contributed by atoms with Gasteiger partial charge in [-0.05, 0) is 25.1 Å². The van der Waals surface area contributed by atoms with Gasteiger partial charge in [0.1, 0.15) is 10.8 Å². The lowest BCUT2D eigenvalue weighted by molar-refractivity contribution is 0.214. The normalized spacial score (nSPS) is 13.5. The summed E-state index contributed by atoms with van der Waals surface area (Å²) < 4.78 is 38.9. The maximum atomic E-state index is 13.4. The Hall–Kier alpha value is -1.09. The van der Waals surface area contributed by atoms with Crippen molar-refractivity contribution in [1.82, 2.24) is 4.31 Å². The highest BCUT2D eigenvalue weighted by molar-refractivity contribution is 7.89. The van der Waals surface area contributed by atoms with E-state index >= 15 is 0 Å². The highest BCUT2D eigenvalue weighted by atomic mass is 32.2. The number of aliphatic hydroxyl groups excluding tert-OH is 1. The zero-order valence-electron chi connectivity index (χ0n) is 10.5. The van der Waals surface area contributed by atoms with Gasteiger partial charge in [-0.15, -0.1) is 0 Å². The topological polar surface area (TPSA) is 83.6 Å². The number of thiocarbonyl (C=S) groups is 1. The van der Waals surface area contributed by atoms with Crippen molar-refractivity contribution in [1.29, 1.82) is 0 Å². The largest absolute Gasteiger partial charge is 0.395 e. The van der Waals surface area contributed by atoms with E-state index in [2.05, 4.69) is 12.2 Å². The van der Waals surface area contributed by atoms with Crippen molar-refractivity contribution in [3.63, 3.8) is 0 Å². The average molecular weight is 306 g/mol. The second-order valence-corrected chi connectivity index (χ2v) is 6.50. The van der Waals surface area contributed by atoms with E-state index in [-0.39, 0.29) is 22.1 Å². The van der Waals surface area contributed by atoms with Gasteiger partial charge in [-0.25, -0.2) is 12.8 Å². The highest BCUT2D eigenvalue weighted by Gasteiger charge is 2.26. The van der Waals surface area contributed by atoms with Crippen molar-refractivity contribution < 1.29 is 17.9 Å². The molecule has 3 N–H and O–H groups in total. The summed E-state index contributed by atoms with van der Waals surface area (Å²) in [5.74, 6) is -0.677. The summed E-state index contributed by atoms with van der Waals surface area (Å²) in [5, 5.41) is 9.00. The molecule has 1 aromatic rings. The first-order valence-corrected chi connectivity index (χ1v) is 7.25. The molecule has 0 saturated heterocycles. The van der Waals surface area contributed by atoms with Crippen LogP contribution in [0, 0.1) is 5.82 Å². The number of benzene rings is 1. The molecule has 19 heavy (non-hydrogen) atoms. The van der Waals surface area contributed by atoms with Crippen molar-refractivity contribution in [3.8, 4) is 0 Å². The first-order valence-electron chi connectivity index (χ1n) is 5.40. The minimum atomic E-state index is -3.83. The van der Waals surface area contributed by atoms with Crippen LogP contribution < -0.4 is 5.73 Å². The highest BCUT2D eigenvalue weighted by Crippen LogP contribution is 2.19. The first kappa shape index (κ1) is 16.0. The summed E-state index contributed by atoms with van der Waals surface area (Å²) in [6.07, 6.45) is 0. The summed E-state index contributed by atoms with van der Waals surface area (Å²) in [4.78, 5) is -0.341. The summed E-state index contributed by atoms with van der Waals surface area (Å²) in [5.41, 5.74) is 5.21. The number of rotatable bonds is 5. The molecule has 1 atom stereocenters. The lowest BCUT2D eigenvalue weighted by Crippen LogP contribution is -2.37. The maximum Gasteiger partial charge on any atom is 0.243 e. The van der Waals surface area contributed by atoms with Gasteiger partial charge >= 0.3 is 0 Å². The molecule has 5 nitrogen and oxygen atoms in total. The summed E-state index contributed by atoms with van der Waals surface area (Å²) in [6, 6.07) is 2.63. The number of nitrogens with zero attached hydrogens (tertiary/aromatic N) is 1. The molecule has 0 fully saturated rings. The van der Waals surface area contributed by atoms with Gasteiger partial charge < -0.3 is 10.8 Å². The van der Waals surface area contributed by atoms with E-state index < -0.39 is 21.9 Å². The van der Waals surface area contributed by atoms with Gasteiger partial charge in [-0.1, -0.05) is 12.2 Å². The monoisotopic (exact) mass is 306 g/mol. The molecule has 0 aromatic heterocycles. The summed E-state index contributed by atoms with van der Waals surface area (Å²) >= 11 is 4.66. The first-order chi connectivity index (χ1) is 8.71. The molecule has 0 aliphatic heterocycles. The van der Waals surface area contributed by atoms with Gasteiger partial charge in [0.05, 0.1) is 11.5 Å². The van der Waals surface area contributed by atoms with Gasteiger partial charge in [0.2, 0.25) is 10.0 Å². The van der Waals surface area contributed by atoms with Crippen LogP contribution in [0.15, 0.2) is 23.1 Å². The van der Waals surface area contributed by atoms with E-state index in [1.807, 2.05) is 0 Å². The minimum Gasteiger partial charge on any atom is -0.395 e. The van der Waals surface area contributed by atoms with Crippen LogP contribution in [0.5, 0.6) is 0 Å². The van der Waals surface area contributed by atoms with Gasteiger partial charge in [-0.3, -0.25) is 0 Å². The Bertz CT molecular complexity index is 590. The zero-order chi connectivity index (χ0) is 14.8. The van der Waals surface area contributed by atoms with Crippen LogP contribution in [-0.2, 0) is 10.0 Å². The Labute approximate surface area is 116 Å². The third-order valence-electron chi connectivity index (χ3n) is 2.77. The third kappa shape index (κ3) is 3.27. The molecule has 0 aliphatic rings. The molecular formula is C11H15FN2O3S2. The molecule has 1 aromatic carbocycles. The molecule has 0 radical (unpaired) electrons. The molecule has 0 saturated carbocycles. The third-order valence-corrected chi connectivity index (χ3v) is 4.95.